The lowest BCUT2D eigenvalue weighted by atomic mass is 9.80. The molecule has 0 aromatic rings. The molecule has 2 rings (SSSR count). The Morgan fingerprint density at radius 2 is 2.00 bits per heavy atom. The van der Waals surface area contributed by atoms with Gasteiger partial charge in [-0.05, 0) is 39.0 Å². The minimum Gasteiger partial charge on any atom is -0.481 e. The van der Waals surface area contributed by atoms with Crippen molar-refractivity contribution in [3.05, 3.63) is 11.1 Å². The van der Waals surface area contributed by atoms with E-state index in [1.807, 2.05) is 6.92 Å². The molecular weight excluding hydrogens is 246 g/mol. The molecule has 0 radical (unpaired) electrons. The highest BCUT2D eigenvalue weighted by Gasteiger charge is 2.40. The summed E-state index contributed by atoms with van der Waals surface area (Å²) < 4.78 is 5.21. The molecule has 19 heavy (non-hydrogen) atoms. The predicted molar refractivity (Wildman–Crippen MR) is 69.7 cm³/mol. The number of carboxylic acids is 1. The molecule has 5 heteroatoms. The lowest BCUT2D eigenvalue weighted by molar-refractivity contribution is -0.154. The Morgan fingerprint density at radius 1 is 1.32 bits per heavy atom. The van der Waals surface area contributed by atoms with Crippen LogP contribution in [0.5, 0.6) is 0 Å². The third kappa shape index (κ3) is 2.97. The summed E-state index contributed by atoms with van der Waals surface area (Å²) in [6.07, 6.45) is 3.72. The van der Waals surface area contributed by atoms with E-state index in [0.29, 0.717) is 26.1 Å². The van der Waals surface area contributed by atoms with E-state index in [1.54, 1.807) is 0 Å². The molecule has 0 spiro atoms. The average molecular weight is 267 g/mol. The minimum absolute atomic E-state index is 0.0953. The van der Waals surface area contributed by atoms with Crippen molar-refractivity contribution in [3.63, 3.8) is 0 Å². The monoisotopic (exact) mass is 267 g/mol. The van der Waals surface area contributed by atoms with E-state index in [4.69, 9.17) is 4.74 Å². The zero-order valence-corrected chi connectivity index (χ0v) is 11.3. The normalized spacial score (nSPS) is 22.4. The van der Waals surface area contributed by atoms with Crippen molar-refractivity contribution in [1.82, 2.24) is 5.32 Å². The van der Waals surface area contributed by atoms with Gasteiger partial charge in [-0.1, -0.05) is 5.57 Å². The molecule has 0 bridgehead atoms. The maximum Gasteiger partial charge on any atom is 0.311 e. The number of carbonyl (C=O) groups excluding carboxylic acids is 1. The number of carbonyl (C=O) groups is 2. The summed E-state index contributed by atoms with van der Waals surface area (Å²) in [5, 5.41) is 12.2. The van der Waals surface area contributed by atoms with Crippen molar-refractivity contribution >= 4 is 11.9 Å². The Labute approximate surface area is 113 Å². The largest absolute Gasteiger partial charge is 0.481 e. The second-order valence-electron chi connectivity index (χ2n) is 5.49. The maximum atomic E-state index is 12.1. The highest BCUT2D eigenvalue weighted by atomic mass is 16.5. The predicted octanol–water partition coefficient (Wildman–Crippen LogP) is 1.48. The number of aliphatic carboxylic acids is 1. The van der Waals surface area contributed by atoms with E-state index in [9.17, 15) is 14.7 Å². The van der Waals surface area contributed by atoms with Gasteiger partial charge in [-0.15, -0.1) is 0 Å². The first-order valence-electron chi connectivity index (χ1n) is 6.83. The molecule has 1 fully saturated rings. The Balaban J connectivity index is 1.98. The van der Waals surface area contributed by atoms with Crippen LogP contribution in [0.15, 0.2) is 11.1 Å². The van der Waals surface area contributed by atoms with E-state index in [0.717, 1.165) is 30.4 Å². The molecule has 0 aromatic heterocycles. The van der Waals surface area contributed by atoms with E-state index >= 15 is 0 Å². The quantitative estimate of drug-likeness (QED) is 0.809. The molecule has 1 saturated heterocycles. The van der Waals surface area contributed by atoms with Crippen molar-refractivity contribution in [2.45, 2.75) is 39.0 Å². The molecule has 1 aliphatic heterocycles. The van der Waals surface area contributed by atoms with Crippen LogP contribution in [-0.2, 0) is 14.3 Å². The first kappa shape index (κ1) is 14.1. The summed E-state index contributed by atoms with van der Waals surface area (Å²) in [6.45, 7) is 3.07. The first-order chi connectivity index (χ1) is 9.05. The van der Waals surface area contributed by atoms with Crippen LogP contribution in [0.3, 0.4) is 0 Å². The second-order valence-corrected chi connectivity index (χ2v) is 5.49. The standard InChI is InChI=1S/C14H21NO4/c1-10-3-2-4-11(10)12(16)15-9-14(13(17)18)5-7-19-8-6-14/h2-9H2,1H3,(H,15,16)(H,17,18). The van der Waals surface area contributed by atoms with Gasteiger partial charge >= 0.3 is 5.97 Å². The molecule has 1 heterocycles. The third-order valence-electron chi connectivity index (χ3n) is 4.26. The molecule has 106 valence electrons. The lowest BCUT2D eigenvalue weighted by Crippen LogP contribution is -2.46. The van der Waals surface area contributed by atoms with Crippen LogP contribution >= 0.6 is 0 Å². The smallest absolute Gasteiger partial charge is 0.311 e. The Kier molecular flexibility index (Phi) is 4.24. The van der Waals surface area contributed by atoms with Gasteiger partial charge in [0.1, 0.15) is 0 Å². The van der Waals surface area contributed by atoms with Gasteiger partial charge in [0.25, 0.3) is 0 Å². The van der Waals surface area contributed by atoms with E-state index in [2.05, 4.69) is 5.32 Å². The van der Waals surface area contributed by atoms with Crippen LogP contribution in [0.4, 0.5) is 0 Å². The number of hydrogen-bond acceptors (Lipinski definition) is 3. The van der Waals surface area contributed by atoms with Gasteiger partial charge in [-0.25, -0.2) is 0 Å². The second kappa shape index (κ2) is 5.74. The first-order valence-corrected chi connectivity index (χ1v) is 6.83. The third-order valence-corrected chi connectivity index (χ3v) is 4.26. The van der Waals surface area contributed by atoms with Crippen LogP contribution in [0.1, 0.15) is 39.0 Å². The molecule has 1 amide bonds. The zero-order valence-electron chi connectivity index (χ0n) is 11.3. The molecule has 2 aliphatic rings. The molecule has 0 saturated carbocycles. The van der Waals surface area contributed by atoms with Gasteiger partial charge in [0.05, 0.1) is 5.41 Å². The van der Waals surface area contributed by atoms with Crippen molar-refractivity contribution in [2.75, 3.05) is 19.8 Å². The van der Waals surface area contributed by atoms with Crippen LogP contribution in [0.2, 0.25) is 0 Å². The highest BCUT2D eigenvalue weighted by Crippen LogP contribution is 2.31. The zero-order chi connectivity index (χ0) is 13.9. The lowest BCUT2D eigenvalue weighted by Gasteiger charge is -2.33. The molecule has 0 aromatic carbocycles. The van der Waals surface area contributed by atoms with Gasteiger partial charge < -0.3 is 15.2 Å². The van der Waals surface area contributed by atoms with Crippen LogP contribution in [0, 0.1) is 5.41 Å². The minimum atomic E-state index is -0.860. The van der Waals surface area contributed by atoms with Crippen molar-refractivity contribution in [3.8, 4) is 0 Å². The number of nitrogens with one attached hydrogen (secondary N) is 1. The highest BCUT2D eigenvalue weighted by molar-refractivity contribution is 5.95. The van der Waals surface area contributed by atoms with Gasteiger partial charge in [-0.3, -0.25) is 9.59 Å². The summed E-state index contributed by atoms with van der Waals surface area (Å²) in [5.41, 5.74) is 1.11. The number of allylic oxidation sites excluding steroid dienone is 1. The Bertz CT molecular complexity index is 408. The molecule has 0 atom stereocenters. The van der Waals surface area contributed by atoms with Gasteiger partial charge in [0.2, 0.25) is 5.91 Å². The Morgan fingerprint density at radius 3 is 2.53 bits per heavy atom. The van der Waals surface area contributed by atoms with E-state index in [1.165, 1.54) is 0 Å². The molecule has 5 nitrogen and oxygen atoms in total. The summed E-state index contributed by atoms with van der Waals surface area (Å²) in [4.78, 5) is 23.5. The van der Waals surface area contributed by atoms with Crippen LogP contribution in [0.25, 0.3) is 0 Å². The van der Waals surface area contributed by atoms with Crippen LogP contribution < -0.4 is 5.32 Å². The van der Waals surface area contributed by atoms with Crippen molar-refractivity contribution in [1.29, 1.82) is 0 Å². The summed E-state index contributed by atoms with van der Waals surface area (Å²) >= 11 is 0. The average Bonchev–Trinajstić information content (AvgIpc) is 2.83. The van der Waals surface area contributed by atoms with Gasteiger partial charge in [0, 0.05) is 25.3 Å². The Hall–Kier alpha value is -1.36. The van der Waals surface area contributed by atoms with E-state index < -0.39 is 11.4 Å². The fraction of sp³-hybridized carbons (Fsp3) is 0.714. The number of rotatable bonds is 4. The van der Waals surface area contributed by atoms with Gasteiger partial charge in [-0.2, -0.15) is 0 Å². The summed E-state index contributed by atoms with van der Waals surface area (Å²) in [5.74, 6) is -0.935. The summed E-state index contributed by atoms with van der Waals surface area (Å²) in [6, 6.07) is 0. The number of hydrogen-bond donors (Lipinski definition) is 2. The van der Waals surface area contributed by atoms with Crippen LogP contribution in [-0.4, -0.2) is 36.7 Å². The van der Waals surface area contributed by atoms with Crippen molar-refractivity contribution in [2.24, 2.45) is 5.41 Å². The van der Waals surface area contributed by atoms with Gasteiger partial charge in [0.15, 0.2) is 0 Å². The number of carboxylic acid groups (broad SMARTS) is 1. The topological polar surface area (TPSA) is 75.6 Å². The summed E-state index contributed by atoms with van der Waals surface area (Å²) in [7, 11) is 0. The fourth-order valence-corrected chi connectivity index (χ4v) is 2.79. The van der Waals surface area contributed by atoms with Crippen molar-refractivity contribution < 1.29 is 19.4 Å². The molecular formula is C14H21NO4. The molecule has 2 N–H and O–H groups in total. The SMILES string of the molecule is CC1=C(C(=O)NCC2(C(=O)O)CCOCC2)CCC1. The molecule has 0 unspecified atom stereocenters. The number of amides is 1. The number of ether oxygens (including phenoxy) is 1. The molecule has 1 aliphatic carbocycles. The maximum absolute atomic E-state index is 12.1. The fourth-order valence-electron chi connectivity index (χ4n) is 2.79. The van der Waals surface area contributed by atoms with E-state index in [-0.39, 0.29) is 12.5 Å².